The summed E-state index contributed by atoms with van der Waals surface area (Å²) in [6.07, 6.45) is -2.98. The summed E-state index contributed by atoms with van der Waals surface area (Å²) in [5.74, 6) is 1.50. The molecule has 0 fully saturated rings. The minimum atomic E-state index is -4.38. The van der Waals surface area contributed by atoms with E-state index in [1.54, 1.807) is 11.8 Å². The molecule has 0 spiro atoms. The fraction of sp³-hybridized carbons (Fsp3) is 0.208. The van der Waals surface area contributed by atoms with E-state index in [-0.39, 0.29) is 6.61 Å². The molecule has 166 valence electrons. The van der Waals surface area contributed by atoms with Crippen LogP contribution in [0.4, 0.5) is 13.2 Å². The number of ether oxygens (including phenoxy) is 1. The SMILES string of the molecule is CSCC(O)c1ccccc1-c1ccc2nc(COc3ccc(C(F)(F)F)cc3)[nH]c2c1. The molecule has 4 nitrogen and oxygen atoms in total. The number of fused-ring (bicyclic) bond motifs is 1. The van der Waals surface area contributed by atoms with Gasteiger partial charge in [0.25, 0.3) is 0 Å². The highest BCUT2D eigenvalue weighted by atomic mass is 32.2. The highest BCUT2D eigenvalue weighted by Gasteiger charge is 2.30. The second-order valence-electron chi connectivity index (χ2n) is 7.28. The van der Waals surface area contributed by atoms with E-state index in [2.05, 4.69) is 9.97 Å². The first kappa shape index (κ1) is 22.2. The van der Waals surface area contributed by atoms with Crippen LogP contribution in [0.15, 0.2) is 66.7 Å². The highest BCUT2D eigenvalue weighted by molar-refractivity contribution is 7.98. The Kier molecular flexibility index (Phi) is 6.43. The lowest BCUT2D eigenvalue weighted by atomic mass is 9.96. The van der Waals surface area contributed by atoms with Crippen LogP contribution < -0.4 is 4.74 Å². The number of aliphatic hydroxyl groups is 1. The minimum Gasteiger partial charge on any atom is -0.486 e. The third-order valence-electron chi connectivity index (χ3n) is 5.04. The number of hydrogen-bond acceptors (Lipinski definition) is 4. The van der Waals surface area contributed by atoms with Crippen LogP contribution in [0.1, 0.15) is 23.1 Å². The van der Waals surface area contributed by atoms with Crippen LogP contribution in [0.2, 0.25) is 0 Å². The van der Waals surface area contributed by atoms with E-state index in [1.165, 1.54) is 12.1 Å². The van der Waals surface area contributed by atoms with Crippen molar-refractivity contribution in [3.8, 4) is 16.9 Å². The maximum atomic E-state index is 12.7. The average Bonchev–Trinajstić information content (AvgIpc) is 3.20. The van der Waals surface area contributed by atoms with E-state index in [9.17, 15) is 18.3 Å². The zero-order valence-corrected chi connectivity index (χ0v) is 18.0. The maximum Gasteiger partial charge on any atom is 0.416 e. The van der Waals surface area contributed by atoms with Gasteiger partial charge in [-0.15, -0.1) is 0 Å². The summed E-state index contributed by atoms with van der Waals surface area (Å²) in [7, 11) is 0. The Morgan fingerprint density at radius 1 is 1.06 bits per heavy atom. The van der Waals surface area contributed by atoms with Crippen molar-refractivity contribution < 1.29 is 23.0 Å². The van der Waals surface area contributed by atoms with Gasteiger partial charge in [-0.25, -0.2) is 4.98 Å². The van der Waals surface area contributed by atoms with Gasteiger partial charge in [-0.05, 0) is 59.3 Å². The number of hydrogen-bond donors (Lipinski definition) is 2. The predicted octanol–water partition coefficient (Wildman–Crippen LogP) is 6.22. The number of H-pyrrole nitrogens is 1. The fourth-order valence-electron chi connectivity index (χ4n) is 3.49. The third-order valence-corrected chi connectivity index (χ3v) is 5.69. The summed E-state index contributed by atoms with van der Waals surface area (Å²) in [5.41, 5.74) is 3.61. The molecule has 0 saturated heterocycles. The highest BCUT2D eigenvalue weighted by Crippen LogP contribution is 2.32. The van der Waals surface area contributed by atoms with Crippen molar-refractivity contribution in [1.82, 2.24) is 9.97 Å². The van der Waals surface area contributed by atoms with E-state index in [1.807, 2.05) is 48.7 Å². The summed E-state index contributed by atoms with van der Waals surface area (Å²) in [6.45, 7) is 0.0956. The van der Waals surface area contributed by atoms with E-state index < -0.39 is 17.8 Å². The molecule has 0 aliphatic carbocycles. The van der Waals surface area contributed by atoms with Crippen molar-refractivity contribution >= 4 is 22.8 Å². The molecule has 0 radical (unpaired) electrons. The number of aliphatic hydroxyl groups excluding tert-OH is 1. The molecular formula is C24H21F3N2O2S. The first-order valence-corrected chi connectivity index (χ1v) is 11.3. The zero-order chi connectivity index (χ0) is 22.7. The first-order valence-electron chi connectivity index (χ1n) is 9.90. The molecule has 3 aromatic carbocycles. The van der Waals surface area contributed by atoms with Crippen LogP contribution in [0.3, 0.4) is 0 Å². The lowest BCUT2D eigenvalue weighted by Crippen LogP contribution is -2.04. The first-order chi connectivity index (χ1) is 15.3. The monoisotopic (exact) mass is 458 g/mol. The number of rotatable bonds is 7. The van der Waals surface area contributed by atoms with E-state index in [4.69, 9.17) is 4.74 Å². The number of aromatic amines is 1. The molecule has 1 unspecified atom stereocenters. The Morgan fingerprint density at radius 2 is 1.81 bits per heavy atom. The normalized spacial score (nSPS) is 12.8. The molecule has 2 N–H and O–H groups in total. The molecule has 4 aromatic rings. The van der Waals surface area contributed by atoms with Crippen LogP contribution >= 0.6 is 11.8 Å². The molecule has 1 atom stereocenters. The molecule has 1 aromatic heterocycles. The van der Waals surface area contributed by atoms with Crippen LogP contribution in [0, 0.1) is 0 Å². The zero-order valence-electron chi connectivity index (χ0n) is 17.2. The summed E-state index contributed by atoms with van der Waals surface area (Å²) in [4.78, 5) is 7.70. The van der Waals surface area contributed by atoms with Gasteiger partial charge in [-0.3, -0.25) is 0 Å². The third kappa shape index (κ3) is 4.92. The number of halogens is 3. The second kappa shape index (κ2) is 9.26. The van der Waals surface area contributed by atoms with Gasteiger partial charge in [0, 0.05) is 5.75 Å². The number of thioether (sulfide) groups is 1. The Labute approximate surface area is 187 Å². The number of nitrogens with zero attached hydrogens (tertiary/aromatic N) is 1. The van der Waals surface area contributed by atoms with Gasteiger partial charge in [-0.1, -0.05) is 30.3 Å². The Bertz CT molecular complexity index is 1210. The van der Waals surface area contributed by atoms with Gasteiger partial charge in [0.15, 0.2) is 0 Å². The molecule has 0 amide bonds. The number of benzene rings is 3. The quantitative estimate of drug-likeness (QED) is 0.345. The number of imidazole rings is 1. The summed E-state index contributed by atoms with van der Waals surface area (Å²) < 4.78 is 43.6. The van der Waals surface area contributed by atoms with Gasteiger partial charge in [0.05, 0.1) is 22.7 Å². The van der Waals surface area contributed by atoms with E-state index >= 15 is 0 Å². The summed E-state index contributed by atoms with van der Waals surface area (Å²) in [6, 6.07) is 18.1. The average molecular weight is 459 g/mol. The van der Waals surface area contributed by atoms with E-state index in [0.29, 0.717) is 17.3 Å². The molecule has 0 bridgehead atoms. The summed E-state index contributed by atoms with van der Waals surface area (Å²) in [5, 5.41) is 10.5. The largest absolute Gasteiger partial charge is 0.486 e. The molecule has 0 aliphatic rings. The molecular weight excluding hydrogens is 437 g/mol. The smallest absolute Gasteiger partial charge is 0.416 e. The standard InChI is InChI=1S/C24H21F3N2O2S/c1-32-14-22(30)19-5-3-2-4-18(19)15-6-11-20-21(12-15)29-23(28-20)13-31-17-9-7-16(8-10-17)24(25,26)27/h2-12,22,30H,13-14H2,1H3,(H,28,29). The maximum absolute atomic E-state index is 12.7. The molecule has 8 heteroatoms. The van der Waals surface area contributed by atoms with E-state index in [0.717, 1.165) is 39.9 Å². The minimum absolute atomic E-state index is 0.0956. The van der Waals surface area contributed by atoms with Crippen LogP contribution in [-0.2, 0) is 12.8 Å². The predicted molar refractivity (Wildman–Crippen MR) is 121 cm³/mol. The lowest BCUT2D eigenvalue weighted by Gasteiger charge is -2.15. The lowest BCUT2D eigenvalue weighted by molar-refractivity contribution is -0.137. The van der Waals surface area contributed by atoms with Crippen molar-refractivity contribution in [1.29, 1.82) is 0 Å². The topological polar surface area (TPSA) is 58.1 Å². The molecule has 32 heavy (non-hydrogen) atoms. The van der Waals surface area contributed by atoms with Gasteiger partial charge >= 0.3 is 6.18 Å². The van der Waals surface area contributed by atoms with Gasteiger partial charge in [0.2, 0.25) is 0 Å². The van der Waals surface area contributed by atoms with Gasteiger partial charge in [-0.2, -0.15) is 24.9 Å². The van der Waals surface area contributed by atoms with Crippen molar-refractivity contribution in [3.05, 3.63) is 83.7 Å². The Balaban J connectivity index is 1.53. The number of aromatic nitrogens is 2. The van der Waals surface area contributed by atoms with Crippen LogP contribution in [-0.4, -0.2) is 27.1 Å². The van der Waals surface area contributed by atoms with Crippen molar-refractivity contribution in [2.24, 2.45) is 0 Å². The van der Waals surface area contributed by atoms with Crippen molar-refractivity contribution in [3.63, 3.8) is 0 Å². The second-order valence-corrected chi connectivity index (χ2v) is 8.20. The Hall–Kier alpha value is -2.97. The number of alkyl halides is 3. The molecule has 4 rings (SSSR count). The molecule has 0 aliphatic heterocycles. The molecule has 0 saturated carbocycles. The van der Waals surface area contributed by atoms with Crippen LogP contribution in [0.5, 0.6) is 5.75 Å². The van der Waals surface area contributed by atoms with Gasteiger partial charge < -0.3 is 14.8 Å². The summed E-state index contributed by atoms with van der Waals surface area (Å²) >= 11 is 1.58. The van der Waals surface area contributed by atoms with Crippen LogP contribution in [0.25, 0.3) is 22.2 Å². The Morgan fingerprint density at radius 3 is 2.53 bits per heavy atom. The fourth-order valence-corrected chi connectivity index (χ4v) is 3.98. The van der Waals surface area contributed by atoms with Crippen molar-refractivity contribution in [2.75, 3.05) is 12.0 Å². The van der Waals surface area contributed by atoms with Gasteiger partial charge in [0.1, 0.15) is 18.2 Å². The van der Waals surface area contributed by atoms with Crippen molar-refractivity contribution in [2.45, 2.75) is 18.9 Å². The molecule has 1 heterocycles. The number of nitrogens with one attached hydrogen (secondary N) is 1.